The Morgan fingerprint density at radius 1 is 1.40 bits per heavy atom. The predicted molar refractivity (Wildman–Crippen MR) is 62.4 cm³/mol. The molecule has 2 aromatic rings. The van der Waals surface area contributed by atoms with E-state index in [1.54, 1.807) is 0 Å². The van der Waals surface area contributed by atoms with Gasteiger partial charge in [0.25, 0.3) is 0 Å². The van der Waals surface area contributed by atoms with E-state index in [-0.39, 0.29) is 5.69 Å². The summed E-state index contributed by atoms with van der Waals surface area (Å²) in [5.74, 6) is -0.923. The minimum atomic E-state index is -0.923. The van der Waals surface area contributed by atoms with E-state index in [1.807, 2.05) is 26.0 Å². The molecule has 4 heteroatoms. The van der Waals surface area contributed by atoms with Crippen molar-refractivity contribution in [1.29, 1.82) is 0 Å². The lowest BCUT2D eigenvalue weighted by molar-refractivity contribution is 0.0691. The van der Waals surface area contributed by atoms with E-state index in [9.17, 15) is 4.79 Å². The first kappa shape index (κ1) is 10.2. The minimum Gasteiger partial charge on any atom is -0.477 e. The summed E-state index contributed by atoms with van der Waals surface area (Å²) in [6.45, 7) is 3.80. The van der Waals surface area contributed by atoms with Crippen LogP contribution in [0.2, 0.25) is 0 Å². The quantitative estimate of drug-likeness (QED) is 0.834. The minimum absolute atomic E-state index is 0.260. The fraction of sp³-hybridized carbons (Fsp3) is 0.182. The topological polar surface area (TPSA) is 53.1 Å². The zero-order valence-electron chi connectivity index (χ0n) is 8.39. The van der Waals surface area contributed by atoms with Crippen molar-refractivity contribution in [3.63, 3.8) is 0 Å². The Balaban J connectivity index is 2.88. The van der Waals surface area contributed by atoms with Crippen molar-refractivity contribution in [2.45, 2.75) is 13.8 Å². The van der Waals surface area contributed by atoms with E-state index in [0.29, 0.717) is 0 Å². The number of fused-ring (bicyclic) bond motifs is 1. The molecule has 2 N–H and O–H groups in total. The molecule has 1 heterocycles. The standard InChI is InChI=1S/C11H10BrNO2/c1-5-3-7-6(2)9(11(14)15)13-10(7)8(12)4-5/h3-4,13H,1-2H3,(H,14,15). The summed E-state index contributed by atoms with van der Waals surface area (Å²) >= 11 is 3.42. The number of hydrogen-bond donors (Lipinski definition) is 2. The summed E-state index contributed by atoms with van der Waals surface area (Å²) in [4.78, 5) is 13.9. The van der Waals surface area contributed by atoms with Gasteiger partial charge >= 0.3 is 5.97 Å². The first-order chi connectivity index (χ1) is 7.00. The highest BCUT2D eigenvalue weighted by Gasteiger charge is 2.15. The van der Waals surface area contributed by atoms with Gasteiger partial charge < -0.3 is 10.1 Å². The number of aromatic nitrogens is 1. The Morgan fingerprint density at radius 2 is 2.07 bits per heavy atom. The van der Waals surface area contributed by atoms with Crippen molar-refractivity contribution in [3.05, 3.63) is 33.4 Å². The van der Waals surface area contributed by atoms with E-state index in [4.69, 9.17) is 5.11 Å². The van der Waals surface area contributed by atoms with Crippen molar-refractivity contribution in [2.75, 3.05) is 0 Å². The van der Waals surface area contributed by atoms with E-state index in [1.165, 1.54) is 0 Å². The molecule has 1 aromatic heterocycles. The molecule has 0 aliphatic carbocycles. The van der Waals surface area contributed by atoms with Gasteiger partial charge in [0.05, 0.1) is 5.52 Å². The molecule has 0 amide bonds. The second-order valence-electron chi connectivity index (χ2n) is 3.60. The third-order valence-electron chi connectivity index (χ3n) is 2.48. The first-order valence-electron chi connectivity index (χ1n) is 4.52. The van der Waals surface area contributed by atoms with E-state index >= 15 is 0 Å². The SMILES string of the molecule is Cc1cc(Br)c2[nH]c(C(=O)O)c(C)c2c1. The summed E-state index contributed by atoms with van der Waals surface area (Å²) in [7, 11) is 0. The normalized spacial score (nSPS) is 10.9. The molecule has 0 radical (unpaired) electrons. The highest BCUT2D eigenvalue weighted by molar-refractivity contribution is 9.10. The maximum atomic E-state index is 10.9. The highest BCUT2D eigenvalue weighted by atomic mass is 79.9. The number of carboxylic acid groups (broad SMARTS) is 1. The van der Waals surface area contributed by atoms with Crippen LogP contribution in [0.25, 0.3) is 10.9 Å². The number of rotatable bonds is 1. The van der Waals surface area contributed by atoms with Crippen molar-refractivity contribution in [1.82, 2.24) is 4.98 Å². The van der Waals surface area contributed by atoms with E-state index in [2.05, 4.69) is 20.9 Å². The smallest absolute Gasteiger partial charge is 0.352 e. The molecule has 0 saturated heterocycles. The zero-order valence-corrected chi connectivity index (χ0v) is 9.97. The molecular formula is C11H10BrNO2. The number of benzene rings is 1. The second kappa shape index (κ2) is 3.38. The van der Waals surface area contributed by atoms with Crippen LogP contribution in [0, 0.1) is 13.8 Å². The molecule has 1 aromatic carbocycles. The number of aryl methyl sites for hydroxylation is 2. The van der Waals surface area contributed by atoms with Crippen molar-refractivity contribution >= 4 is 32.8 Å². The van der Waals surface area contributed by atoms with Crippen molar-refractivity contribution in [2.24, 2.45) is 0 Å². The van der Waals surface area contributed by atoms with Gasteiger partial charge in [-0.15, -0.1) is 0 Å². The number of H-pyrrole nitrogens is 1. The molecule has 3 nitrogen and oxygen atoms in total. The molecule has 0 aliphatic rings. The molecule has 0 aliphatic heterocycles. The van der Waals surface area contributed by atoms with Gasteiger partial charge in [-0.25, -0.2) is 4.79 Å². The van der Waals surface area contributed by atoms with Gasteiger partial charge in [-0.1, -0.05) is 0 Å². The average Bonchev–Trinajstić information content (AvgIpc) is 2.44. The number of nitrogens with one attached hydrogen (secondary N) is 1. The lowest BCUT2D eigenvalue weighted by Crippen LogP contribution is -1.98. The zero-order chi connectivity index (χ0) is 11.2. The highest BCUT2D eigenvalue weighted by Crippen LogP contribution is 2.29. The molecule has 0 spiro atoms. The number of halogens is 1. The lowest BCUT2D eigenvalue weighted by Gasteiger charge is -1.97. The van der Waals surface area contributed by atoms with Crippen molar-refractivity contribution < 1.29 is 9.90 Å². The monoisotopic (exact) mass is 267 g/mol. The number of carbonyl (C=O) groups is 1. The number of aromatic amines is 1. The van der Waals surface area contributed by atoms with Crippen LogP contribution >= 0.6 is 15.9 Å². The molecule has 0 unspecified atom stereocenters. The third kappa shape index (κ3) is 1.55. The van der Waals surface area contributed by atoms with Gasteiger partial charge in [-0.3, -0.25) is 0 Å². The molecular weight excluding hydrogens is 258 g/mol. The van der Waals surface area contributed by atoms with Crippen LogP contribution in [0.1, 0.15) is 21.6 Å². The maximum Gasteiger partial charge on any atom is 0.352 e. The Bertz CT molecular complexity index is 557. The van der Waals surface area contributed by atoms with Crippen LogP contribution in [0.5, 0.6) is 0 Å². The van der Waals surface area contributed by atoms with Gasteiger partial charge in [0.1, 0.15) is 5.69 Å². The van der Waals surface area contributed by atoms with Crippen LogP contribution < -0.4 is 0 Å². The maximum absolute atomic E-state index is 10.9. The molecule has 2 rings (SSSR count). The summed E-state index contributed by atoms with van der Waals surface area (Å²) < 4.78 is 0.896. The van der Waals surface area contributed by atoms with Crippen LogP contribution in [-0.4, -0.2) is 16.1 Å². The van der Waals surface area contributed by atoms with Crippen LogP contribution in [-0.2, 0) is 0 Å². The van der Waals surface area contributed by atoms with E-state index < -0.39 is 5.97 Å². The molecule has 0 bridgehead atoms. The lowest BCUT2D eigenvalue weighted by atomic mass is 10.1. The summed E-state index contributed by atoms with van der Waals surface area (Å²) in [6.07, 6.45) is 0. The van der Waals surface area contributed by atoms with Gasteiger partial charge in [-0.2, -0.15) is 0 Å². The van der Waals surface area contributed by atoms with Gasteiger partial charge in [0.15, 0.2) is 0 Å². The number of hydrogen-bond acceptors (Lipinski definition) is 1. The predicted octanol–water partition coefficient (Wildman–Crippen LogP) is 3.25. The van der Waals surface area contributed by atoms with Crippen molar-refractivity contribution in [3.8, 4) is 0 Å². The van der Waals surface area contributed by atoms with Gasteiger partial charge in [0, 0.05) is 9.86 Å². The fourth-order valence-corrected chi connectivity index (χ4v) is 2.41. The fourth-order valence-electron chi connectivity index (χ4n) is 1.73. The van der Waals surface area contributed by atoms with Crippen LogP contribution in [0.3, 0.4) is 0 Å². The molecule has 0 atom stereocenters. The first-order valence-corrected chi connectivity index (χ1v) is 5.31. The second-order valence-corrected chi connectivity index (χ2v) is 4.45. The van der Waals surface area contributed by atoms with Crippen LogP contribution in [0.4, 0.5) is 0 Å². The number of aromatic carboxylic acids is 1. The molecule has 0 fully saturated rings. The third-order valence-corrected chi connectivity index (χ3v) is 3.10. The summed E-state index contributed by atoms with van der Waals surface area (Å²) in [5.41, 5.74) is 2.99. The molecule has 0 saturated carbocycles. The largest absolute Gasteiger partial charge is 0.477 e. The van der Waals surface area contributed by atoms with Gasteiger partial charge in [-0.05, 0) is 53.0 Å². The number of carboxylic acids is 1. The van der Waals surface area contributed by atoms with Gasteiger partial charge in [0.2, 0.25) is 0 Å². The van der Waals surface area contributed by atoms with Crippen LogP contribution in [0.15, 0.2) is 16.6 Å². The Labute approximate surface area is 95.2 Å². The Kier molecular flexibility index (Phi) is 2.31. The summed E-state index contributed by atoms with van der Waals surface area (Å²) in [6, 6.07) is 3.95. The Hall–Kier alpha value is -1.29. The molecule has 15 heavy (non-hydrogen) atoms. The summed E-state index contributed by atoms with van der Waals surface area (Å²) in [5, 5.41) is 9.94. The average molecular weight is 268 g/mol. The Morgan fingerprint density at radius 3 is 2.67 bits per heavy atom. The molecule has 78 valence electrons. The van der Waals surface area contributed by atoms with E-state index in [0.717, 1.165) is 26.5 Å².